The van der Waals surface area contributed by atoms with E-state index in [0.29, 0.717) is 21.9 Å². The van der Waals surface area contributed by atoms with Crippen LogP contribution in [0.2, 0.25) is 0 Å². The number of primary amides is 1. The molecule has 9 heteroatoms. The molecule has 0 fully saturated rings. The molecule has 3 aromatic rings. The Hall–Kier alpha value is -3.04. The first-order chi connectivity index (χ1) is 12.9. The third kappa shape index (κ3) is 2.63. The molecule has 1 aliphatic rings. The van der Waals surface area contributed by atoms with Gasteiger partial charge in [-0.1, -0.05) is 19.1 Å². The number of nitrogens with two attached hydrogens (primary N) is 2. The number of rotatable bonds is 3. The second-order valence-corrected chi connectivity index (χ2v) is 7.33. The van der Waals surface area contributed by atoms with Gasteiger partial charge in [0.25, 0.3) is 5.91 Å². The number of allylic oxidation sites excluding steroid dienone is 2. The quantitative estimate of drug-likeness (QED) is 0.635. The van der Waals surface area contributed by atoms with Crippen LogP contribution in [0.15, 0.2) is 35.5 Å². The average Bonchev–Trinajstić information content (AvgIpc) is 3.25. The Balaban J connectivity index is 2.04. The molecular formula is C18H18N6O2S. The van der Waals surface area contributed by atoms with Crippen LogP contribution in [-0.2, 0) is 0 Å². The van der Waals surface area contributed by atoms with Crippen LogP contribution in [0.5, 0.6) is 0 Å². The highest BCUT2D eigenvalue weighted by Crippen LogP contribution is 2.37. The van der Waals surface area contributed by atoms with E-state index in [2.05, 4.69) is 15.0 Å². The van der Waals surface area contributed by atoms with Crippen LogP contribution < -0.4 is 11.5 Å². The maximum Gasteiger partial charge on any atom is 0.254 e. The van der Waals surface area contributed by atoms with Crippen molar-refractivity contribution in [2.45, 2.75) is 20.0 Å². The van der Waals surface area contributed by atoms with E-state index >= 15 is 0 Å². The lowest BCUT2D eigenvalue weighted by atomic mass is 9.91. The molecule has 0 saturated carbocycles. The fraction of sp³-hybridized carbons (Fsp3) is 0.222. The van der Waals surface area contributed by atoms with Gasteiger partial charge >= 0.3 is 0 Å². The molecule has 1 aliphatic carbocycles. The van der Waals surface area contributed by atoms with Crippen LogP contribution in [0.3, 0.4) is 0 Å². The highest BCUT2D eigenvalue weighted by atomic mass is 32.1. The number of hydrogen-bond donors (Lipinski definition) is 3. The first kappa shape index (κ1) is 17.4. The SMILES string of the molecule is CC1=C(n2c(N)c(C(N)=O)c3nc(-c4nccs4)cnc32)[C@H](C)[C@H](O)C=C1. The summed E-state index contributed by atoms with van der Waals surface area (Å²) in [7, 11) is 0. The lowest BCUT2D eigenvalue weighted by Gasteiger charge is -2.27. The predicted molar refractivity (Wildman–Crippen MR) is 105 cm³/mol. The van der Waals surface area contributed by atoms with E-state index in [-0.39, 0.29) is 17.3 Å². The Kier molecular flexibility index (Phi) is 4.05. The van der Waals surface area contributed by atoms with Gasteiger partial charge in [-0.15, -0.1) is 11.3 Å². The molecule has 1 amide bonds. The lowest BCUT2D eigenvalue weighted by molar-refractivity contribution is 0.100. The summed E-state index contributed by atoms with van der Waals surface area (Å²) in [5.41, 5.74) is 15.0. The van der Waals surface area contributed by atoms with E-state index in [1.165, 1.54) is 11.3 Å². The number of nitrogen functional groups attached to an aromatic ring is 1. The fourth-order valence-corrected chi connectivity index (χ4v) is 3.99. The normalized spacial score (nSPS) is 19.8. The third-order valence-corrected chi connectivity index (χ3v) is 5.52. The topological polar surface area (TPSA) is 133 Å². The molecule has 0 radical (unpaired) electrons. The number of aliphatic hydroxyl groups excluding tert-OH is 1. The van der Waals surface area contributed by atoms with Crippen LogP contribution in [0, 0.1) is 5.92 Å². The first-order valence-corrected chi connectivity index (χ1v) is 9.22. The van der Waals surface area contributed by atoms with Gasteiger partial charge in [0.2, 0.25) is 0 Å². The summed E-state index contributed by atoms with van der Waals surface area (Å²) in [6.07, 6.45) is 6.16. The van der Waals surface area contributed by atoms with Crippen molar-refractivity contribution in [3.8, 4) is 10.7 Å². The van der Waals surface area contributed by atoms with Gasteiger partial charge in [-0.3, -0.25) is 9.36 Å². The molecular weight excluding hydrogens is 364 g/mol. The maximum absolute atomic E-state index is 12.1. The molecule has 0 aliphatic heterocycles. The van der Waals surface area contributed by atoms with Crippen LogP contribution in [0.1, 0.15) is 24.2 Å². The largest absolute Gasteiger partial charge is 0.388 e. The molecule has 8 nitrogen and oxygen atoms in total. The van der Waals surface area contributed by atoms with Gasteiger partial charge in [-0.25, -0.2) is 15.0 Å². The minimum atomic E-state index is -0.681. The molecule has 5 N–H and O–H groups in total. The minimum absolute atomic E-state index is 0.118. The summed E-state index contributed by atoms with van der Waals surface area (Å²) < 4.78 is 1.67. The molecule has 0 aromatic carbocycles. The first-order valence-electron chi connectivity index (χ1n) is 8.34. The third-order valence-electron chi connectivity index (χ3n) is 4.73. The summed E-state index contributed by atoms with van der Waals surface area (Å²) in [6, 6.07) is 0. The van der Waals surface area contributed by atoms with E-state index in [4.69, 9.17) is 11.5 Å². The molecule has 27 heavy (non-hydrogen) atoms. The molecule has 0 spiro atoms. The molecule has 0 bridgehead atoms. The van der Waals surface area contributed by atoms with Gasteiger partial charge in [-0.2, -0.15) is 0 Å². The number of nitrogens with zero attached hydrogens (tertiary/aromatic N) is 4. The van der Waals surface area contributed by atoms with Crippen LogP contribution >= 0.6 is 11.3 Å². The smallest absolute Gasteiger partial charge is 0.254 e. The molecule has 0 saturated heterocycles. The van der Waals surface area contributed by atoms with Gasteiger partial charge in [0.1, 0.15) is 27.6 Å². The number of aromatic nitrogens is 4. The number of thiazole rings is 1. The number of anilines is 1. The maximum atomic E-state index is 12.1. The molecule has 138 valence electrons. The van der Waals surface area contributed by atoms with Gasteiger partial charge < -0.3 is 16.6 Å². The Morgan fingerprint density at radius 2 is 2.15 bits per heavy atom. The molecule has 0 unspecified atom stereocenters. The van der Waals surface area contributed by atoms with E-state index < -0.39 is 12.0 Å². The highest BCUT2D eigenvalue weighted by molar-refractivity contribution is 7.13. The number of amides is 1. The second kappa shape index (κ2) is 6.29. The van der Waals surface area contributed by atoms with Gasteiger partial charge in [0.15, 0.2) is 5.65 Å². The molecule has 4 rings (SSSR count). The minimum Gasteiger partial charge on any atom is -0.388 e. The number of carbonyl (C=O) groups is 1. The predicted octanol–water partition coefficient (Wildman–Crippen LogP) is 2.03. The summed E-state index contributed by atoms with van der Waals surface area (Å²) >= 11 is 1.42. The monoisotopic (exact) mass is 382 g/mol. The van der Waals surface area contributed by atoms with Crippen LogP contribution in [0.25, 0.3) is 27.6 Å². The van der Waals surface area contributed by atoms with Crippen molar-refractivity contribution in [1.29, 1.82) is 0 Å². The zero-order valence-electron chi connectivity index (χ0n) is 14.7. The molecule has 3 aromatic heterocycles. The van der Waals surface area contributed by atoms with Crippen molar-refractivity contribution in [3.05, 3.63) is 41.1 Å². The Bertz CT molecular complexity index is 1110. The van der Waals surface area contributed by atoms with Gasteiger partial charge in [0.05, 0.1) is 12.3 Å². The summed E-state index contributed by atoms with van der Waals surface area (Å²) in [6.45, 7) is 3.81. The second-order valence-electron chi connectivity index (χ2n) is 6.43. The highest BCUT2D eigenvalue weighted by Gasteiger charge is 2.30. The van der Waals surface area contributed by atoms with Crippen molar-refractivity contribution in [2.75, 3.05) is 5.73 Å². The Labute approximate surface area is 158 Å². The van der Waals surface area contributed by atoms with Crippen molar-refractivity contribution in [3.63, 3.8) is 0 Å². The van der Waals surface area contributed by atoms with Crippen molar-refractivity contribution >= 4 is 39.9 Å². The van der Waals surface area contributed by atoms with Gasteiger partial charge in [0, 0.05) is 23.2 Å². The van der Waals surface area contributed by atoms with E-state index in [1.807, 2.05) is 25.3 Å². The van der Waals surface area contributed by atoms with E-state index in [1.54, 1.807) is 23.0 Å². The van der Waals surface area contributed by atoms with E-state index in [9.17, 15) is 9.90 Å². The standard InChI is InChI=1S/C18H18N6O2S/c1-8-3-4-11(25)9(2)14(8)24-15(19)12(16(20)26)13-17(24)22-7-10(23-13)18-21-5-6-27-18/h3-7,9,11,25H,19H2,1-2H3,(H2,20,26)/t9-,11-/m1/s1. The summed E-state index contributed by atoms with van der Waals surface area (Å²) in [4.78, 5) is 25.4. The number of fused-ring (bicyclic) bond motifs is 1. The molecule has 3 heterocycles. The van der Waals surface area contributed by atoms with Crippen LogP contribution in [0.4, 0.5) is 5.82 Å². The zero-order chi connectivity index (χ0) is 19.3. The van der Waals surface area contributed by atoms with Crippen molar-refractivity contribution in [2.24, 2.45) is 11.7 Å². The summed E-state index contributed by atoms with van der Waals surface area (Å²) in [5, 5.41) is 12.8. The van der Waals surface area contributed by atoms with Crippen molar-refractivity contribution < 1.29 is 9.90 Å². The van der Waals surface area contributed by atoms with E-state index in [0.717, 1.165) is 11.3 Å². The zero-order valence-corrected chi connectivity index (χ0v) is 15.6. The number of aliphatic hydroxyl groups is 1. The molecule has 2 atom stereocenters. The van der Waals surface area contributed by atoms with Crippen LogP contribution in [-0.4, -0.2) is 36.6 Å². The Morgan fingerprint density at radius 1 is 1.37 bits per heavy atom. The lowest BCUT2D eigenvalue weighted by Crippen LogP contribution is -2.24. The summed E-state index contributed by atoms with van der Waals surface area (Å²) in [5.74, 6) is -0.758. The number of hydrogen-bond acceptors (Lipinski definition) is 7. The fourth-order valence-electron chi connectivity index (χ4n) is 3.40. The number of carbonyl (C=O) groups excluding carboxylic acids is 1. The van der Waals surface area contributed by atoms with Gasteiger partial charge in [-0.05, 0) is 12.5 Å². The average molecular weight is 382 g/mol. The Morgan fingerprint density at radius 3 is 2.81 bits per heavy atom. The van der Waals surface area contributed by atoms with Crippen molar-refractivity contribution in [1.82, 2.24) is 19.5 Å².